The van der Waals surface area contributed by atoms with Gasteiger partial charge in [0, 0.05) is 22.5 Å². The van der Waals surface area contributed by atoms with Gasteiger partial charge in [-0.25, -0.2) is 0 Å². The third-order valence-corrected chi connectivity index (χ3v) is 1.77. The van der Waals surface area contributed by atoms with Gasteiger partial charge in [-0.05, 0) is 61.5 Å². The maximum absolute atomic E-state index is 3.47. The number of nitrogens with one attached hydrogen (secondary N) is 2. The number of allylic oxidation sites excluding steroid dienone is 3. The minimum absolute atomic E-state index is 0.0976. The molecule has 2 N–H and O–H groups in total. The molecular formula is C14H28N2. The first kappa shape index (κ1) is 15.1. The van der Waals surface area contributed by atoms with Gasteiger partial charge in [0.1, 0.15) is 0 Å². The van der Waals surface area contributed by atoms with Gasteiger partial charge in [0.05, 0.1) is 0 Å². The summed E-state index contributed by atoms with van der Waals surface area (Å²) in [4.78, 5) is 0. The van der Waals surface area contributed by atoms with Crippen molar-refractivity contribution in [3.8, 4) is 0 Å². The van der Waals surface area contributed by atoms with Crippen LogP contribution in [0.15, 0.2) is 23.5 Å². The molecule has 0 aromatic rings. The second kappa shape index (κ2) is 5.42. The van der Waals surface area contributed by atoms with Crippen molar-refractivity contribution in [1.82, 2.24) is 10.6 Å². The lowest BCUT2D eigenvalue weighted by molar-refractivity contribution is 0.467. The molecule has 2 nitrogen and oxygen atoms in total. The first-order chi connectivity index (χ1) is 7.03. The molecule has 16 heavy (non-hydrogen) atoms. The van der Waals surface area contributed by atoms with Crippen molar-refractivity contribution >= 4 is 0 Å². The molecule has 0 heterocycles. The Morgan fingerprint density at radius 1 is 0.875 bits per heavy atom. The lowest BCUT2D eigenvalue weighted by Crippen LogP contribution is -2.36. The fourth-order valence-electron chi connectivity index (χ4n) is 1.49. The molecule has 0 atom stereocenters. The largest absolute Gasteiger partial charge is 0.384 e. The van der Waals surface area contributed by atoms with E-state index < -0.39 is 0 Å². The fraction of sp³-hybridized carbons (Fsp3) is 0.714. The van der Waals surface area contributed by atoms with E-state index in [1.165, 1.54) is 5.70 Å². The van der Waals surface area contributed by atoms with Gasteiger partial charge in [-0.2, -0.15) is 0 Å². The van der Waals surface area contributed by atoms with Crippen molar-refractivity contribution < 1.29 is 0 Å². The molecule has 0 saturated carbocycles. The van der Waals surface area contributed by atoms with Gasteiger partial charge < -0.3 is 10.6 Å². The van der Waals surface area contributed by atoms with E-state index >= 15 is 0 Å². The zero-order chi connectivity index (χ0) is 13.0. The van der Waals surface area contributed by atoms with Crippen molar-refractivity contribution in [2.75, 3.05) is 0 Å². The summed E-state index contributed by atoms with van der Waals surface area (Å²) in [6.45, 7) is 17.1. The number of rotatable bonds is 3. The highest BCUT2D eigenvalue weighted by atomic mass is 15.0. The molecule has 0 spiro atoms. The summed E-state index contributed by atoms with van der Waals surface area (Å²) < 4.78 is 0. The quantitative estimate of drug-likeness (QED) is 0.716. The summed E-state index contributed by atoms with van der Waals surface area (Å²) >= 11 is 0. The fourth-order valence-corrected chi connectivity index (χ4v) is 1.49. The topological polar surface area (TPSA) is 24.1 Å². The molecule has 0 rings (SSSR count). The van der Waals surface area contributed by atoms with E-state index in [1.807, 2.05) is 0 Å². The van der Waals surface area contributed by atoms with E-state index in [2.05, 4.69) is 78.2 Å². The van der Waals surface area contributed by atoms with E-state index in [1.54, 1.807) is 0 Å². The predicted molar refractivity (Wildman–Crippen MR) is 73.3 cm³/mol. The molecule has 0 aliphatic carbocycles. The average molecular weight is 224 g/mol. The van der Waals surface area contributed by atoms with Gasteiger partial charge in [-0.1, -0.05) is 6.08 Å². The second-order valence-corrected chi connectivity index (χ2v) is 6.32. The van der Waals surface area contributed by atoms with Crippen LogP contribution in [-0.2, 0) is 0 Å². The van der Waals surface area contributed by atoms with Crippen LogP contribution >= 0.6 is 0 Å². The predicted octanol–water partition coefficient (Wildman–Crippen LogP) is 3.57. The summed E-state index contributed by atoms with van der Waals surface area (Å²) in [5.41, 5.74) is 2.54. The Kier molecular flexibility index (Phi) is 5.11. The zero-order valence-corrected chi connectivity index (χ0v) is 12.2. The van der Waals surface area contributed by atoms with Gasteiger partial charge in [0.15, 0.2) is 0 Å². The van der Waals surface area contributed by atoms with Gasteiger partial charge >= 0.3 is 0 Å². The molecular weight excluding hydrogens is 196 g/mol. The lowest BCUT2D eigenvalue weighted by atomic mass is 10.1. The molecule has 0 radical (unpaired) electrons. The van der Waals surface area contributed by atoms with Crippen LogP contribution in [0, 0.1) is 0 Å². The molecule has 0 bridgehead atoms. The molecule has 0 aliphatic rings. The van der Waals surface area contributed by atoms with E-state index in [-0.39, 0.29) is 11.1 Å². The molecule has 0 unspecified atom stereocenters. The molecule has 2 heteroatoms. The molecule has 94 valence electrons. The number of hydrogen-bond acceptors (Lipinski definition) is 2. The maximum atomic E-state index is 3.47. The minimum atomic E-state index is 0.0976. The Labute approximate surface area is 101 Å². The van der Waals surface area contributed by atoms with Crippen LogP contribution in [0.25, 0.3) is 0 Å². The van der Waals surface area contributed by atoms with Crippen LogP contribution in [0.2, 0.25) is 0 Å². The van der Waals surface area contributed by atoms with Crippen molar-refractivity contribution in [3.63, 3.8) is 0 Å². The summed E-state index contributed by atoms with van der Waals surface area (Å²) in [5.74, 6) is 0. The van der Waals surface area contributed by atoms with Crippen LogP contribution in [0.1, 0.15) is 55.4 Å². The average Bonchev–Trinajstić information content (AvgIpc) is 1.96. The van der Waals surface area contributed by atoms with Crippen molar-refractivity contribution in [3.05, 3.63) is 23.5 Å². The Morgan fingerprint density at radius 2 is 1.31 bits per heavy atom. The summed E-state index contributed by atoms with van der Waals surface area (Å²) in [6.07, 6.45) is 4.25. The highest BCUT2D eigenvalue weighted by Gasteiger charge is 2.11. The maximum Gasteiger partial charge on any atom is 0.0318 e. The van der Waals surface area contributed by atoms with Crippen LogP contribution in [-0.4, -0.2) is 11.1 Å². The summed E-state index contributed by atoms with van der Waals surface area (Å²) in [7, 11) is 0. The van der Waals surface area contributed by atoms with Crippen LogP contribution in [0.5, 0.6) is 0 Å². The van der Waals surface area contributed by atoms with Crippen LogP contribution < -0.4 is 10.6 Å². The monoisotopic (exact) mass is 224 g/mol. The zero-order valence-electron chi connectivity index (χ0n) is 12.2. The molecule has 0 aliphatic heterocycles. The lowest BCUT2D eigenvalue weighted by Gasteiger charge is -2.25. The molecule has 0 amide bonds. The molecule has 0 saturated heterocycles. The first-order valence-electron chi connectivity index (χ1n) is 5.94. The van der Waals surface area contributed by atoms with Crippen molar-refractivity contribution in [1.29, 1.82) is 0 Å². The SMILES string of the molecule is C/C=C(\C=C(/C)NC(C)(C)C)NC(C)(C)C. The third-order valence-electron chi connectivity index (χ3n) is 1.77. The highest BCUT2D eigenvalue weighted by Crippen LogP contribution is 2.08. The van der Waals surface area contributed by atoms with Crippen molar-refractivity contribution in [2.24, 2.45) is 0 Å². The summed E-state index contributed by atoms with van der Waals surface area (Å²) in [6, 6.07) is 0. The van der Waals surface area contributed by atoms with Gasteiger partial charge in [-0.15, -0.1) is 0 Å². The number of hydrogen-bond donors (Lipinski definition) is 2. The minimum Gasteiger partial charge on any atom is -0.384 e. The Balaban J connectivity index is 4.60. The normalized spacial score (nSPS) is 15.0. The standard InChI is InChI=1S/C14H28N2/c1-9-12(16-14(6,7)8)10-11(2)15-13(3,4)5/h9-10,15-16H,1-8H3/b11-10+,12-9+. The third kappa shape index (κ3) is 8.39. The Hall–Kier alpha value is -0.920. The van der Waals surface area contributed by atoms with Crippen molar-refractivity contribution in [2.45, 2.75) is 66.5 Å². The van der Waals surface area contributed by atoms with Crippen LogP contribution in [0.4, 0.5) is 0 Å². The Morgan fingerprint density at radius 3 is 1.62 bits per heavy atom. The van der Waals surface area contributed by atoms with E-state index in [0.717, 1.165) is 5.70 Å². The first-order valence-corrected chi connectivity index (χ1v) is 5.94. The van der Waals surface area contributed by atoms with Gasteiger partial charge in [-0.3, -0.25) is 0 Å². The molecule has 0 fully saturated rings. The molecule has 0 aromatic carbocycles. The Bertz CT molecular complexity index is 272. The smallest absolute Gasteiger partial charge is 0.0318 e. The summed E-state index contributed by atoms with van der Waals surface area (Å²) in [5, 5.41) is 6.92. The van der Waals surface area contributed by atoms with Gasteiger partial charge in [0.25, 0.3) is 0 Å². The van der Waals surface area contributed by atoms with E-state index in [9.17, 15) is 0 Å². The second-order valence-electron chi connectivity index (χ2n) is 6.32. The van der Waals surface area contributed by atoms with E-state index in [4.69, 9.17) is 0 Å². The van der Waals surface area contributed by atoms with Crippen LogP contribution in [0.3, 0.4) is 0 Å². The highest BCUT2D eigenvalue weighted by molar-refractivity contribution is 5.21. The van der Waals surface area contributed by atoms with E-state index in [0.29, 0.717) is 0 Å². The van der Waals surface area contributed by atoms with Gasteiger partial charge in [0.2, 0.25) is 0 Å². The molecule has 0 aromatic heterocycles.